The van der Waals surface area contributed by atoms with E-state index < -0.39 is 4.92 Å². The minimum Gasteiger partial charge on any atom is -0.395 e. The number of para-hydroxylation sites is 1. The molecule has 1 aromatic carbocycles. The number of aliphatic hydroxyl groups is 1. The van der Waals surface area contributed by atoms with Crippen molar-refractivity contribution in [3.63, 3.8) is 0 Å². The first kappa shape index (κ1) is 17.1. The molecule has 0 bridgehead atoms. The van der Waals surface area contributed by atoms with Crippen LogP contribution in [0.1, 0.15) is 32.3 Å². The van der Waals surface area contributed by atoms with Crippen LogP contribution in [0, 0.1) is 10.1 Å². The van der Waals surface area contributed by atoms with Crippen LogP contribution in [-0.2, 0) is 11.2 Å². The number of aliphatic hydroxyl groups excluding tert-OH is 1. The Hall–Kier alpha value is -1.95. The summed E-state index contributed by atoms with van der Waals surface area (Å²) in [5, 5.41) is 20.1. The Labute approximate surface area is 124 Å². The van der Waals surface area contributed by atoms with E-state index in [0.29, 0.717) is 5.56 Å². The van der Waals surface area contributed by atoms with Crippen LogP contribution >= 0.6 is 0 Å². The van der Waals surface area contributed by atoms with Gasteiger partial charge in [-0.05, 0) is 12.8 Å². The van der Waals surface area contributed by atoms with E-state index in [9.17, 15) is 14.9 Å². The molecule has 1 rings (SSSR count). The molecule has 0 aliphatic carbocycles. The number of hydrogen-bond acceptors (Lipinski definition) is 4. The number of rotatable bonds is 8. The van der Waals surface area contributed by atoms with E-state index in [-0.39, 0.29) is 37.2 Å². The van der Waals surface area contributed by atoms with Gasteiger partial charge in [-0.15, -0.1) is 0 Å². The minimum atomic E-state index is -0.476. The van der Waals surface area contributed by atoms with Crippen molar-refractivity contribution in [3.8, 4) is 0 Å². The molecule has 1 N–H and O–H groups in total. The molecule has 0 saturated heterocycles. The van der Waals surface area contributed by atoms with Crippen LogP contribution in [0.4, 0.5) is 5.69 Å². The fourth-order valence-corrected chi connectivity index (χ4v) is 2.45. The van der Waals surface area contributed by atoms with Crippen molar-refractivity contribution in [2.24, 2.45) is 0 Å². The molecule has 0 unspecified atom stereocenters. The predicted molar refractivity (Wildman–Crippen MR) is 80.0 cm³/mol. The third-order valence-electron chi connectivity index (χ3n) is 3.57. The summed E-state index contributed by atoms with van der Waals surface area (Å²) in [7, 11) is 0. The maximum atomic E-state index is 12.4. The summed E-state index contributed by atoms with van der Waals surface area (Å²) in [5.74, 6) is -0.188. The third-order valence-corrected chi connectivity index (χ3v) is 3.57. The van der Waals surface area contributed by atoms with Crippen molar-refractivity contribution in [3.05, 3.63) is 39.9 Å². The van der Waals surface area contributed by atoms with Gasteiger partial charge in [0.25, 0.3) is 5.69 Å². The molecule has 0 atom stereocenters. The van der Waals surface area contributed by atoms with E-state index in [2.05, 4.69) is 0 Å². The summed E-state index contributed by atoms with van der Waals surface area (Å²) in [4.78, 5) is 24.6. The smallest absolute Gasteiger partial charge is 0.273 e. The first-order valence-corrected chi connectivity index (χ1v) is 7.17. The summed E-state index contributed by atoms with van der Waals surface area (Å²) in [6.07, 6.45) is 1.56. The number of benzene rings is 1. The molecule has 21 heavy (non-hydrogen) atoms. The molecule has 6 heteroatoms. The molecule has 0 radical (unpaired) electrons. The standard InChI is InChI=1S/C15H22N2O4/c1-3-13(4-2)16(9-10-18)15(19)11-12-7-5-6-8-14(12)17(20)21/h5-8,13,18H,3-4,9-11H2,1-2H3. The van der Waals surface area contributed by atoms with E-state index in [1.165, 1.54) is 6.07 Å². The van der Waals surface area contributed by atoms with Crippen LogP contribution in [0.15, 0.2) is 24.3 Å². The van der Waals surface area contributed by atoms with Gasteiger partial charge in [0.1, 0.15) is 0 Å². The quantitative estimate of drug-likeness (QED) is 0.588. The fourth-order valence-electron chi connectivity index (χ4n) is 2.45. The number of carbonyl (C=O) groups is 1. The first-order chi connectivity index (χ1) is 10.0. The third kappa shape index (κ3) is 4.53. The van der Waals surface area contributed by atoms with Gasteiger partial charge in [-0.3, -0.25) is 14.9 Å². The number of hydrogen-bond donors (Lipinski definition) is 1. The highest BCUT2D eigenvalue weighted by Crippen LogP contribution is 2.20. The summed E-state index contributed by atoms with van der Waals surface area (Å²) >= 11 is 0. The molecule has 0 saturated carbocycles. The lowest BCUT2D eigenvalue weighted by Gasteiger charge is -2.30. The van der Waals surface area contributed by atoms with Gasteiger partial charge in [-0.1, -0.05) is 32.0 Å². The molecule has 6 nitrogen and oxygen atoms in total. The van der Waals surface area contributed by atoms with Gasteiger partial charge in [0.2, 0.25) is 5.91 Å². The van der Waals surface area contributed by atoms with E-state index in [1.807, 2.05) is 13.8 Å². The Morgan fingerprint density at radius 3 is 2.48 bits per heavy atom. The summed E-state index contributed by atoms with van der Waals surface area (Å²) in [5.41, 5.74) is 0.362. The molecule has 0 aliphatic rings. The molecular formula is C15H22N2O4. The average molecular weight is 294 g/mol. The number of amides is 1. The predicted octanol–water partition coefficient (Wildman–Crippen LogP) is 2.15. The number of carbonyl (C=O) groups excluding carboxylic acids is 1. The molecule has 116 valence electrons. The second-order valence-corrected chi connectivity index (χ2v) is 4.84. The monoisotopic (exact) mass is 294 g/mol. The van der Waals surface area contributed by atoms with E-state index >= 15 is 0 Å². The molecule has 0 aromatic heterocycles. The lowest BCUT2D eigenvalue weighted by Crippen LogP contribution is -2.42. The maximum absolute atomic E-state index is 12.4. The molecule has 0 aliphatic heterocycles. The summed E-state index contributed by atoms with van der Waals surface area (Å²) < 4.78 is 0. The van der Waals surface area contributed by atoms with Crippen molar-refractivity contribution in [2.75, 3.05) is 13.2 Å². The van der Waals surface area contributed by atoms with Gasteiger partial charge < -0.3 is 10.0 Å². The fraction of sp³-hybridized carbons (Fsp3) is 0.533. The summed E-state index contributed by atoms with van der Waals surface area (Å²) in [6.45, 7) is 4.11. The SMILES string of the molecule is CCC(CC)N(CCO)C(=O)Cc1ccccc1[N+](=O)[O-]. The molecule has 1 aromatic rings. The average Bonchev–Trinajstić information content (AvgIpc) is 2.47. The van der Waals surface area contributed by atoms with Gasteiger partial charge in [0.15, 0.2) is 0 Å². The minimum absolute atomic E-state index is 0.0202. The topological polar surface area (TPSA) is 83.7 Å². The van der Waals surface area contributed by atoms with Crippen molar-refractivity contribution in [1.82, 2.24) is 4.90 Å². The first-order valence-electron chi connectivity index (χ1n) is 7.17. The van der Waals surface area contributed by atoms with Crippen LogP contribution in [0.5, 0.6) is 0 Å². The molecule has 1 amide bonds. The summed E-state index contributed by atoms with van der Waals surface area (Å²) in [6, 6.07) is 6.31. The van der Waals surface area contributed by atoms with Crippen LogP contribution in [0.25, 0.3) is 0 Å². The van der Waals surface area contributed by atoms with Crippen LogP contribution < -0.4 is 0 Å². The Morgan fingerprint density at radius 1 is 1.33 bits per heavy atom. The second-order valence-electron chi connectivity index (χ2n) is 4.84. The van der Waals surface area contributed by atoms with Crippen molar-refractivity contribution >= 4 is 11.6 Å². The normalized spacial score (nSPS) is 10.7. The molecular weight excluding hydrogens is 272 g/mol. The van der Waals surface area contributed by atoms with Gasteiger partial charge in [-0.25, -0.2) is 0 Å². The van der Waals surface area contributed by atoms with E-state index in [4.69, 9.17) is 5.11 Å². The molecule has 0 fully saturated rings. The molecule has 0 heterocycles. The highest BCUT2D eigenvalue weighted by molar-refractivity contribution is 5.80. The zero-order valence-electron chi connectivity index (χ0n) is 12.5. The number of nitro benzene ring substituents is 1. The van der Waals surface area contributed by atoms with Crippen LogP contribution in [-0.4, -0.2) is 40.0 Å². The molecule has 0 spiro atoms. The van der Waals surface area contributed by atoms with E-state index in [1.54, 1.807) is 23.1 Å². The maximum Gasteiger partial charge on any atom is 0.273 e. The highest BCUT2D eigenvalue weighted by atomic mass is 16.6. The van der Waals surface area contributed by atoms with E-state index in [0.717, 1.165) is 12.8 Å². The number of nitrogens with zero attached hydrogens (tertiary/aromatic N) is 2. The van der Waals surface area contributed by atoms with Crippen molar-refractivity contribution < 1.29 is 14.8 Å². The Morgan fingerprint density at radius 2 is 1.95 bits per heavy atom. The van der Waals surface area contributed by atoms with Gasteiger partial charge >= 0.3 is 0 Å². The van der Waals surface area contributed by atoms with Crippen molar-refractivity contribution in [1.29, 1.82) is 0 Å². The van der Waals surface area contributed by atoms with Gasteiger partial charge in [0, 0.05) is 24.2 Å². The lowest BCUT2D eigenvalue weighted by atomic mass is 10.1. The Balaban J connectivity index is 2.94. The Kier molecular flexibility index (Phi) is 6.81. The second kappa shape index (κ2) is 8.36. The van der Waals surface area contributed by atoms with Crippen LogP contribution in [0.3, 0.4) is 0 Å². The largest absolute Gasteiger partial charge is 0.395 e. The van der Waals surface area contributed by atoms with Crippen LogP contribution in [0.2, 0.25) is 0 Å². The zero-order valence-corrected chi connectivity index (χ0v) is 12.5. The highest BCUT2D eigenvalue weighted by Gasteiger charge is 2.23. The lowest BCUT2D eigenvalue weighted by molar-refractivity contribution is -0.385. The Bertz CT molecular complexity index is 486. The van der Waals surface area contributed by atoms with Crippen molar-refractivity contribution in [2.45, 2.75) is 39.2 Å². The van der Waals surface area contributed by atoms with Gasteiger partial charge in [0.05, 0.1) is 18.0 Å². The van der Waals surface area contributed by atoms with Gasteiger partial charge in [-0.2, -0.15) is 0 Å². The number of nitro groups is 1. The zero-order chi connectivity index (χ0) is 15.8.